The highest BCUT2D eigenvalue weighted by molar-refractivity contribution is 7.80. The number of ether oxygens (including phenoxy) is 1. The Labute approximate surface area is 125 Å². The van der Waals surface area contributed by atoms with Crippen molar-refractivity contribution in [3.8, 4) is 5.75 Å². The number of amides is 1. The smallest absolute Gasteiger partial charge is 0.264 e. The van der Waals surface area contributed by atoms with Crippen LogP contribution in [0.4, 0.5) is 0 Å². The zero-order valence-electron chi connectivity index (χ0n) is 11.7. The summed E-state index contributed by atoms with van der Waals surface area (Å²) in [6.07, 6.45) is 3.51. The van der Waals surface area contributed by atoms with Crippen LogP contribution < -0.4 is 10.1 Å². The van der Waals surface area contributed by atoms with E-state index >= 15 is 0 Å². The first-order chi connectivity index (χ1) is 9.65. The molecule has 0 atom stereocenters. The Morgan fingerprint density at radius 1 is 1.25 bits per heavy atom. The van der Waals surface area contributed by atoms with Gasteiger partial charge < -0.3 is 15.0 Å². The Morgan fingerprint density at radius 3 is 2.55 bits per heavy atom. The summed E-state index contributed by atoms with van der Waals surface area (Å²) in [5.74, 6) is 0.482. The van der Waals surface area contributed by atoms with E-state index in [9.17, 15) is 4.79 Å². The molecule has 0 aromatic heterocycles. The van der Waals surface area contributed by atoms with Gasteiger partial charge in [0.15, 0.2) is 11.7 Å². The molecule has 0 spiro atoms. The molecule has 0 unspecified atom stereocenters. The van der Waals surface area contributed by atoms with Gasteiger partial charge in [0.25, 0.3) is 5.91 Å². The number of rotatable bonds is 3. The molecule has 0 aliphatic carbocycles. The number of hydrogen-bond donors (Lipinski definition) is 1. The van der Waals surface area contributed by atoms with E-state index in [1.54, 1.807) is 0 Å². The predicted octanol–water partition coefficient (Wildman–Crippen LogP) is 2.26. The van der Waals surface area contributed by atoms with Gasteiger partial charge in [-0.15, -0.1) is 0 Å². The number of carbonyl (C=O) groups excluding carboxylic acids is 1. The maximum absolute atomic E-state index is 11.8. The van der Waals surface area contributed by atoms with Gasteiger partial charge in [0.05, 0.1) is 0 Å². The monoisotopic (exact) mass is 292 g/mol. The Bertz CT molecular complexity index is 467. The van der Waals surface area contributed by atoms with Crippen molar-refractivity contribution in [2.24, 2.45) is 0 Å². The molecule has 1 amide bonds. The SMILES string of the molecule is Cc1ccc(OCC(=O)NC(=S)N2CCCCC2)cc1. The first-order valence-electron chi connectivity index (χ1n) is 6.93. The van der Waals surface area contributed by atoms with E-state index in [0.29, 0.717) is 10.9 Å². The summed E-state index contributed by atoms with van der Waals surface area (Å²) in [6.45, 7) is 3.85. The number of piperidine rings is 1. The van der Waals surface area contributed by atoms with Crippen LogP contribution in [0.1, 0.15) is 24.8 Å². The van der Waals surface area contributed by atoms with E-state index in [1.807, 2.05) is 36.1 Å². The van der Waals surface area contributed by atoms with Crippen LogP contribution in [0.3, 0.4) is 0 Å². The van der Waals surface area contributed by atoms with Crippen molar-refractivity contribution >= 4 is 23.2 Å². The molecule has 20 heavy (non-hydrogen) atoms. The fourth-order valence-corrected chi connectivity index (χ4v) is 2.41. The van der Waals surface area contributed by atoms with E-state index in [2.05, 4.69) is 5.32 Å². The van der Waals surface area contributed by atoms with Crippen LogP contribution >= 0.6 is 12.2 Å². The minimum atomic E-state index is -0.207. The lowest BCUT2D eigenvalue weighted by Crippen LogP contribution is -2.46. The second-order valence-corrected chi connectivity index (χ2v) is 5.39. The van der Waals surface area contributed by atoms with Crippen molar-refractivity contribution in [2.45, 2.75) is 26.2 Å². The second kappa shape index (κ2) is 7.24. The maximum atomic E-state index is 11.8. The second-order valence-electron chi connectivity index (χ2n) is 5.00. The van der Waals surface area contributed by atoms with E-state index in [4.69, 9.17) is 17.0 Å². The molecule has 4 nitrogen and oxygen atoms in total. The summed E-state index contributed by atoms with van der Waals surface area (Å²) < 4.78 is 5.42. The van der Waals surface area contributed by atoms with Gasteiger partial charge in [0, 0.05) is 13.1 Å². The van der Waals surface area contributed by atoms with Crippen LogP contribution in [0.2, 0.25) is 0 Å². The summed E-state index contributed by atoms with van der Waals surface area (Å²) >= 11 is 5.24. The molecule has 1 N–H and O–H groups in total. The van der Waals surface area contributed by atoms with Crippen LogP contribution in [-0.2, 0) is 4.79 Å². The molecule has 0 saturated carbocycles. The fourth-order valence-electron chi connectivity index (χ4n) is 2.11. The van der Waals surface area contributed by atoms with Gasteiger partial charge in [0.1, 0.15) is 5.75 Å². The quantitative estimate of drug-likeness (QED) is 0.868. The van der Waals surface area contributed by atoms with Gasteiger partial charge in [-0.3, -0.25) is 4.79 Å². The number of hydrogen-bond acceptors (Lipinski definition) is 3. The molecule has 108 valence electrons. The minimum absolute atomic E-state index is 0.0168. The van der Waals surface area contributed by atoms with Crippen molar-refractivity contribution in [1.82, 2.24) is 10.2 Å². The first-order valence-corrected chi connectivity index (χ1v) is 7.34. The molecule has 1 fully saturated rings. The highest BCUT2D eigenvalue weighted by Crippen LogP contribution is 2.11. The van der Waals surface area contributed by atoms with Gasteiger partial charge >= 0.3 is 0 Å². The van der Waals surface area contributed by atoms with Crippen LogP contribution in [0, 0.1) is 6.92 Å². The Morgan fingerprint density at radius 2 is 1.90 bits per heavy atom. The molecule has 1 aliphatic heterocycles. The molecule has 1 aromatic carbocycles. The third kappa shape index (κ3) is 4.49. The standard InChI is InChI=1S/C15H20N2O2S/c1-12-5-7-13(8-6-12)19-11-14(18)16-15(20)17-9-3-2-4-10-17/h5-8H,2-4,9-11H2,1H3,(H,16,18,20). The molecule has 1 heterocycles. The molecular weight excluding hydrogens is 272 g/mol. The number of aryl methyl sites for hydroxylation is 1. The number of benzene rings is 1. The highest BCUT2D eigenvalue weighted by Gasteiger charge is 2.15. The average molecular weight is 292 g/mol. The van der Waals surface area contributed by atoms with Crippen LogP contribution in [0.25, 0.3) is 0 Å². The molecule has 0 bridgehead atoms. The maximum Gasteiger partial charge on any atom is 0.264 e. The zero-order chi connectivity index (χ0) is 14.4. The topological polar surface area (TPSA) is 41.6 Å². The third-order valence-electron chi connectivity index (χ3n) is 3.28. The zero-order valence-corrected chi connectivity index (χ0v) is 12.5. The summed E-state index contributed by atoms with van der Waals surface area (Å²) in [7, 11) is 0. The highest BCUT2D eigenvalue weighted by atomic mass is 32.1. The van der Waals surface area contributed by atoms with E-state index < -0.39 is 0 Å². The van der Waals surface area contributed by atoms with Gasteiger partial charge in [-0.2, -0.15) is 0 Å². The lowest BCUT2D eigenvalue weighted by molar-refractivity contribution is -0.121. The average Bonchev–Trinajstić information content (AvgIpc) is 2.47. The Hall–Kier alpha value is -1.62. The Balaban J connectivity index is 1.74. The summed E-state index contributed by atoms with van der Waals surface area (Å²) in [5.41, 5.74) is 1.16. The Kier molecular flexibility index (Phi) is 5.35. The molecule has 2 rings (SSSR count). The van der Waals surface area contributed by atoms with Gasteiger partial charge in [-0.1, -0.05) is 17.7 Å². The molecule has 1 saturated heterocycles. The van der Waals surface area contributed by atoms with Crippen LogP contribution in [-0.4, -0.2) is 35.6 Å². The van der Waals surface area contributed by atoms with Gasteiger partial charge in [0.2, 0.25) is 0 Å². The number of carbonyl (C=O) groups is 1. The van der Waals surface area contributed by atoms with Crippen LogP contribution in [0.5, 0.6) is 5.75 Å². The first kappa shape index (κ1) is 14.8. The third-order valence-corrected chi connectivity index (χ3v) is 3.64. The van der Waals surface area contributed by atoms with Crippen molar-refractivity contribution in [1.29, 1.82) is 0 Å². The van der Waals surface area contributed by atoms with E-state index in [0.717, 1.165) is 31.5 Å². The number of thiocarbonyl (C=S) groups is 1. The van der Waals surface area contributed by atoms with E-state index in [-0.39, 0.29) is 12.5 Å². The molecule has 0 radical (unpaired) electrons. The van der Waals surface area contributed by atoms with Crippen molar-refractivity contribution in [3.05, 3.63) is 29.8 Å². The van der Waals surface area contributed by atoms with E-state index in [1.165, 1.54) is 6.42 Å². The number of nitrogens with one attached hydrogen (secondary N) is 1. The number of likely N-dealkylation sites (tertiary alicyclic amines) is 1. The molecule has 1 aliphatic rings. The summed E-state index contributed by atoms with van der Waals surface area (Å²) in [6, 6.07) is 7.61. The lowest BCUT2D eigenvalue weighted by Gasteiger charge is -2.28. The summed E-state index contributed by atoms with van der Waals surface area (Å²) in [5, 5.41) is 3.24. The summed E-state index contributed by atoms with van der Waals surface area (Å²) in [4.78, 5) is 13.8. The van der Waals surface area contributed by atoms with Gasteiger partial charge in [-0.05, 0) is 50.5 Å². The molecule has 5 heteroatoms. The predicted molar refractivity (Wildman–Crippen MR) is 82.8 cm³/mol. The normalized spacial score (nSPS) is 14.8. The molecule has 1 aromatic rings. The lowest BCUT2D eigenvalue weighted by atomic mass is 10.1. The van der Waals surface area contributed by atoms with Crippen LogP contribution in [0.15, 0.2) is 24.3 Å². The minimum Gasteiger partial charge on any atom is -0.484 e. The fraction of sp³-hybridized carbons (Fsp3) is 0.467. The van der Waals surface area contributed by atoms with Crippen molar-refractivity contribution < 1.29 is 9.53 Å². The molecular formula is C15H20N2O2S. The van der Waals surface area contributed by atoms with Crippen molar-refractivity contribution in [2.75, 3.05) is 19.7 Å². The van der Waals surface area contributed by atoms with Crippen molar-refractivity contribution in [3.63, 3.8) is 0 Å². The van der Waals surface area contributed by atoms with Gasteiger partial charge in [-0.25, -0.2) is 0 Å². The number of nitrogens with zero attached hydrogens (tertiary/aromatic N) is 1. The largest absolute Gasteiger partial charge is 0.484 e.